The normalized spacial score (nSPS) is 15.0. The van der Waals surface area contributed by atoms with Crippen molar-refractivity contribution >= 4 is 11.9 Å². The Hall–Kier alpha value is -4.18. The minimum atomic E-state index is -1.19. The van der Waals surface area contributed by atoms with Crippen molar-refractivity contribution in [3.8, 4) is 0 Å². The smallest absolute Gasteiger partial charge is 0.266 e. The zero-order chi connectivity index (χ0) is 22.7. The highest BCUT2D eigenvalue weighted by Crippen LogP contribution is 2.40. The SMILES string of the molecule is NC1=NC(c2ccccc2)(c2ccccc2)C(=O)N1CC(c1ccccc1)c1ccccc1. The van der Waals surface area contributed by atoms with Crippen LogP contribution in [0.1, 0.15) is 28.2 Å². The predicted molar refractivity (Wildman–Crippen MR) is 132 cm³/mol. The summed E-state index contributed by atoms with van der Waals surface area (Å²) in [6.07, 6.45) is 0. The number of nitrogens with two attached hydrogens (primary N) is 1. The number of nitrogens with zero attached hydrogens (tertiary/aromatic N) is 2. The highest BCUT2D eigenvalue weighted by atomic mass is 16.2. The Morgan fingerprint density at radius 1 is 0.667 bits per heavy atom. The molecular formula is C29H25N3O. The summed E-state index contributed by atoms with van der Waals surface area (Å²) < 4.78 is 0. The van der Waals surface area contributed by atoms with Crippen LogP contribution in [-0.4, -0.2) is 23.3 Å². The summed E-state index contributed by atoms with van der Waals surface area (Å²) in [5.41, 5.74) is 9.16. The molecule has 162 valence electrons. The summed E-state index contributed by atoms with van der Waals surface area (Å²) in [6.45, 7) is 0.406. The van der Waals surface area contributed by atoms with Gasteiger partial charge in [0.1, 0.15) is 0 Å². The number of amides is 1. The molecule has 0 aromatic heterocycles. The van der Waals surface area contributed by atoms with E-state index in [1.165, 1.54) is 0 Å². The Bertz CT molecular complexity index is 1180. The number of guanidine groups is 1. The van der Waals surface area contributed by atoms with Crippen LogP contribution in [0.2, 0.25) is 0 Å². The van der Waals surface area contributed by atoms with Gasteiger partial charge in [0.15, 0.2) is 11.5 Å². The minimum absolute atomic E-state index is 0.0348. The lowest BCUT2D eigenvalue weighted by Gasteiger charge is -2.29. The number of hydrogen-bond acceptors (Lipinski definition) is 3. The molecular weight excluding hydrogens is 406 g/mol. The van der Waals surface area contributed by atoms with Gasteiger partial charge < -0.3 is 5.73 Å². The molecule has 0 radical (unpaired) electrons. The number of carbonyl (C=O) groups is 1. The van der Waals surface area contributed by atoms with Gasteiger partial charge in [0.25, 0.3) is 5.91 Å². The number of hydrogen-bond donors (Lipinski definition) is 1. The summed E-state index contributed by atoms with van der Waals surface area (Å²) in [5, 5.41) is 0. The van der Waals surface area contributed by atoms with Crippen molar-refractivity contribution in [2.75, 3.05) is 6.54 Å². The predicted octanol–water partition coefficient (Wildman–Crippen LogP) is 4.92. The summed E-state index contributed by atoms with van der Waals surface area (Å²) >= 11 is 0. The topological polar surface area (TPSA) is 58.7 Å². The van der Waals surface area contributed by atoms with Crippen LogP contribution in [-0.2, 0) is 10.3 Å². The van der Waals surface area contributed by atoms with E-state index in [0.29, 0.717) is 6.54 Å². The molecule has 0 spiro atoms. The second kappa shape index (κ2) is 8.75. The van der Waals surface area contributed by atoms with E-state index in [4.69, 9.17) is 10.7 Å². The third-order valence-corrected chi connectivity index (χ3v) is 6.27. The fraction of sp³-hybridized carbons (Fsp3) is 0.103. The lowest BCUT2D eigenvalue weighted by molar-refractivity contribution is -0.130. The van der Waals surface area contributed by atoms with Gasteiger partial charge in [-0.05, 0) is 22.3 Å². The summed E-state index contributed by atoms with van der Waals surface area (Å²) in [4.78, 5) is 20.6. The molecule has 1 heterocycles. The second-order valence-electron chi connectivity index (χ2n) is 8.20. The van der Waals surface area contributed by atoms with Crippen molar-refractivity contribution in [1.29, 1.82) is 0 Å². The number of rotatable bonds is 6. The number of aliphatic imine (C=N–C) groups is 1. The minimum Gasteiger partial charge on any atom is -0.369 e. The molecule has 0 fully saturated rings. The van der Waals surface area contributed by atoms with Gasteiger partial charge in [0.2, 0.25) is 0 Å². The first-order chi connectivity index (χ1) is 16.2. The molecule has 0 unspecified atom stereocenters. The molecule has 5 rings (SSSR count). The van der Waals surface area contributed by atoms with E-state index in [2.05, 4.69) is 24.3 Å². The Kier molecular flexibility index (Phi) is 5.49. The van der Waals surface area contributed by atoms with Crippen molar-refractivity contribution in [1.82, 2.24) is 4.90 Å². The van der Waals surface area contributed by atoms with Crippen LogP contribution in [0.4, 0.5) is 0 Å². The van der Waals surface area contributed by atoms with Crippen LogP contribution < -0.4 is 5.73 Å². The van der Waals surface area contributed by atoms with Gasteiger partial charge in [-0.2, -0.15) is 0 Å². The third kappa shape index (κ3) is 3.70. The largest absolute Gasteiger partial charge is 0.369 e. The van der Waals surface area contributed by atoms with E-state index >= 15 is 0 Å². The summed E-state index contributed by atoms with van der Waals surface area (Å²) in [5.74, 6) is 0.0753. The fourth-order valence-corrected chi connectivity index (χ4v) is 4.61. The Morgan fingerprint density at radius 3 is 1.48 bits per heavy atom. The number of carbonyl (C=O) groups excluding carboxylic acids is 1. The molecule has 1 aliphatic rings. The fourth-order valence-electron chi connectivity index (χ4n) is 4.61. The van der Waals surface area contributed by atoms with E-state index in [9.17, 15) is 4.79 Å². The molecule has 1 amide bonds. The van der Waals surface area contributed by atoms with Crippen LogP contribution >= 0.6 is 0 Å². The Balaban J connectivity index is 1.59. The van der Waals surface area contributed by atoms with Crippen LogP contribution in [0, 0.1) is 0 Å². The maximum Gasteiger partial charge on any atom is 0.266 e. The average Bonchev–Trinajstić information content (AvgIpc) is 3.14. The molecule has 4 heteroatoms. The molecule has 4 aromatic rings. The highest BCUT2D eigenvalue weighted by molar-refractivity contribution is 6.09. The second-order valence-corrected chi connectivity index (χ2v) is 8.20. The molecule has 0 atom stereocenters. The van der Waals surface area contributed by atoms with Crippen LogP contribution in [0.5, 0.6) is 0 Å². The maximum absolute atomic E-state index is 14.2. The highest BCUT2D eigenvalue weighted by Gasteiger charge is 2.50. The quantitative estimate of drug-likeness (QED) is 0.471. The van der Waals surface area contributed by atoms with Crippen molar-refractivity contribution in [2.24, 2.45) is 10.7 Å². The van der Waals surface area contributed by atoms with Gasteiger partial charge in [-0.15, -0.1) is 0 Å². The van der Waals surface area contributed by atoms with Gasteiger partial charge in [-0.25, -0.2) is 4.99 Å². The van der Waals surface area contributed by atoms with Crippen molar-refractivity contribution in [3.05, 3.63) is 144 Å². The molecule has 0 saturated carbocycles. The van der Waals surface area contributed by atoms with E-state index in [1.807, 2.05) is 97.1 Å². The zero-order valence-corrected chi connectivity index (χ0v) is 18.2. The maximum atomic E-state index is 14.2. The molecule has 0 bridgehead atoms. The van der Waals surface area contributed by atoms with Crippen molar-refractivity contribution in [2.45, 2.75) is 11.5 Å². The molecule has 33 heavy (non-hydrogen) atoms. The van der Waals surface area contributed by atoms with Gasteiger partial charge >= 0.3 is 0 Å². The Labute approximate surface area is 194 Å². The van der Waals surface area contributed by atoms with Crippen LogP contribution in [0.25, 0.3) is 0 Å². The molecule has 2 N–H and O–H groups in total. The van der Waals surface area contributed by atoms with E-state index in [0.717, 1.165) is 22.3 Å². The standard InChI is InChI=1S/C29H25N3O/c30-28-31-29(24-17-9-3-10-18-24,25-19-11-4-12-20-25)27(33)32(28)21-26(22-13-5-1-6-14-22)23-15-7-2-8-16-23/h1-20,26H,21H2,(H2,30,31). The van der Waals surface area contributed by atoms with Gasteiger partial charge in [0, 0.05) is 12.5 Å². The zero-order valence-electron chi connectivity index (χ0n) is 18.2. The Morgan fingerprint density at radius 2 is 1.06 bits per heavy atom. The van der Waals surface area contributed by atoms with E-state index < -0.39 is 5.54 Å². The van der Waals surface area contributed by atoms with Gasteiger partial charge in [0.05, 0.1) is 0 Å². The first kappa shape index (κ1) is 20.7. The molecule has 0 aliphatic carbocycles. The van der Waals surface area contributed by atoms with Crippen molar-refractivity contribution < 1.29 is 4.79 Å². The molecule has 0 saturated heterocycles. The summed E-state index contributed by atoms with van der Waals surface area (Å²) in [6, 6.07) is 39.8. The van der Waals surface area contributed by atoms with Crippen LogP contribution in [0.15, 0.2) is 126 Å². The first-order valence-corrected chi connectivity index (χ1v) is 11.1. The van der Waals surface area contributed by atoms with Gasteiger partial charge in [-0.3, -0.25) is 9.69 Å². The van der Waals surface area contributed by atoms with Crippen molar-refractivity contribution in [3.63, 3.8) is 0 Å². The third-order valence-electron chi connectivity index (χ3n) is 6.27. The van der Waals surface area contributed by atoms with E-state index in [1.54, 1.807) is 4.90 Å². The average molecular weight is 432 g/mol. The van der Waals surface area contributed by atoms with E-state index in [-0.39, 0.29) is 17.8 Å². The monoisotopic (exact) mass is 431 g/mol. The molecule has 1 aliphatic heterocycles. The lowest BCUT2D eigenvalue weighted by atomic mass is 9.82. The summed E-state index contributed by atoms with van der Waals surface area (Å²) in [7, 11) is 0. The molecule has 4 aromatic carbocycles. The van der Waals surface area contributed by atoms with Gasteiger partial charge in [-0.1, -0.05) is 121 Å². The van der Waals surface area contributed by atoms with Crippen LogP contribution in [0.3, 0.4) is 0 Å². The first-order valence-electron chi connectivity index (χ1n) is 11.1. The number of benzene rings is 4. The molecule has 4 nitrogen and oxygen atoms in total. The lowest BCUT2D eigenvalue weighted by Crippen LogP contribution is -2.45.